The van der Waals surface area contributed by atoms with Crippen molar-refractivity contribution in [3.05, 3.63) is 0 Å². The van der Waals surface area contributed by atoms with Crippen LogP contribution in [0, 0.1) is 5.41 Å². The van der Waals surface area contributed by atoms with E-state index in [0.29, 0.717) is 5.71 Å². The lowest BCUT2D eigenvalue weighted by molar-refractivity contribution is -0.888. The fourth-order valence-electron chi connectivity index (χ4n) is 1.77. The molecule has 0 bridgehead atoms. The number of ether oxygens (including phenoxy) is 1. The quantitative estimate of drug-likeness (QED) is 0.481. The average Bonchev–Trinajstić information content (AvgIpc) is 2.01. The number of nitrogens with one attached hydrogen (secondary N) is 2. The van der Waals surface area contributed by atoms with E-state index in [1.165, 1.54) is 4.90 Å². The molecular weight excluding hydrogens is 180 g/mol. The van der Waals surface area contributed by atoms with Crippen LogP contribution in [-0.2, 0) is 9.53 Å². The molecule has 2 atom stereocenters. The molecule has 4 nitrogen and oxygen atoms in total. The minimum absolute atomic E-state index is 0.0654. The van der Waals surface area contributed by atoms with Crippen LogP contribution < -0.4 is 4.90 Å². The Morgan fingerprint density at radius 3 is 2.93 bits per heavy atom. The van der Waals surface area contributed by atoms with E-state index in [-0.39, 0.29) is 18.5 Å². The number of likely N-dealkylation sites (tertiary alicyclic amines) is 1. The highest BCUT2D eigenvalue weighted by molar-refractivity contribution is 5.95. The third kappa shape index (κ3) is 3.87. The summed E-state index contributed by atoms with van der Waals surface area (Å²) in [6, 6.07) is 0. The van der Waals surface area contributed by atoms with Gasteiger partial charge in [-0.3, -0.25) is 4.79 Å². The maximum absolute atomic E-state index is 11.3. The maximum Gasteiger partial charge on any atom is 0.311 e. The van der Waals surface area contributed by atoms with E-state index in [2.05, 4.69) is 7.05 Å². The average molecular weight is 199 g/mol. The van der Waals surface area contributed by atoms with E-state index in [9.17, 15) is 4.79 Å². The Kier molecular flexibility index (Phi) is 4.07. The molecule has 0 aliphatic carbocycles. The molecule has 0 saturated carbocycles. The first kappa shape index (κ1) is 11.2. The van der Waals surface area contributed by atoms with Crippen molar-refractivity contribution in [1.82, 2.24) is 0 Å². The molecule has 0 radical (unpaired) electrons. The standard InChI is InChI=1S/C10H18N2O2/c1-8(11)6-10(13)14-9-4-3-5-12(2)7-9/h9,11H,3-7H2,1-2H3/p+1/t9-/m1/s1. The summed E-state index contributed by atoms with van der Waals surface area (Å²) in [5.74, 6) is -0.253. The first-order valence-electron chi connectivity index (χ1n) is 5.12. The number of esters is 1. The first-order chi connectivity index (χ1) is 6.58. The van der Waals surface area contributed by atoms with E-state index in [1.54, 1.807) is 6.92 Å². The monoisotopic (exact) mass is 199 g/mol. The summed E-state index contributed by atoms with van der Waals surface area (Å²) in [5.41, 5.74) is 0.367. The van der Waals surface area contributed by atoms with Crippen molar-refractivity contribution in [1.29, 1.82) is 5.41 Å². The van der Waals surface area contributed by atoms with Crippen LogP contribution in [-0.4, -0.2) is 37.9 Å². The second-order valence-electron chi connectivity index (χ2n) is 4.12. The lowest BCUT2D eigenvalue weighted by atomic mass is 10.1. The molecule has 4 heteroatoms. The van der Waals surface area contributed by atoms with E-state index in [0.717, 1.165) is 25.9 Å². The van der Waals surface area contributed by atoms with Crippen molar-refractivity contribution in [3.63, 3.8) is 0 Å². The zero-order valence-corrected chi connectivity index (χ0v) is 8.93. The van der Waals surface area contributed by atoms with Crippen molar-refractivity contribution in [3.8, 4) is 0 Å². The summed E-state index contributed by atoms with van der Waals surface area (Å²) in [6.07, 6.45) is 2.29. The summed E-state index contributed by atoms with van der Waals surface area (Å²) in [7, 11) is 2.11. The molecule has 1 aliphatic rings. The molecule has 1 unspecified atom stereocenters. The number of carbonyl (C=O) groups is 1. The molecule has 0 aromatic carbocycles. The highest BCUT2D eigenvalue weighted by Crippen LogP contribution is 2.04. The largest absolute Gasteiger partial charge is 0.456 e. The number of piperidine rings is 1. The minimum atomic E-state index is -0.253. The lowest BCUT2D eigenvalue weighted by Crippen LogP contribution is -3.11. The van der Waals surface area contributed by atoms with Crippen LogP contribution in [0.1, 0.15) is 26.2 Å². The highest BCUT2D eigenvalue weighted by atomic mass is 16.5. The van der Waals surface area contributed by atoms with Gasteiger partial charge in [-0.2, -0.15) is 0 Å². The van der Waals surface area contributed by atoms with Crippen LogP contribution in [0.5, 0.6) is 0 Å². The zero-order valence-electron chi connectivity index (χ0n) is 8.93. The molecule has 80 valence electrons. The van der Waals surface area contributed by atoms with E-state index in [4.69, 9.17) is 10.1 Å². The van der Waals surface area contributed by atoms with Crippen molar-refractivity contribution in [2.45, 2.75) is 32.3 Å². The van der Waals surface area contributed by atoms with Gasteiger partial charge in [-0.25, -0.2) is 0 Å². The van der Waals surface area contributed by atoms with Crippen molar-refractivity contribution in [2.24, 2.45) is 0 Å². The summed E-state index contributed by atoms with van der Waals surface area (Å²) in [5, 5.41) is 7.18. The Balaban J connectivity index is 2.28. The molecule has 1 aliphatic heterocycles. The van der Waals surface area contributed by atoms with Gasteiger partial charge in [-0.05, 0) is 13.3 Å². The van der Waals surface area contributed by atoms with Crippen molar-refractivity contribution < 1.29 is 14.4 Å². The number of carbonyl (C=O) groups excluding carboxylic acids is 1. The normalized spacial score (nSPS) is 27.0. The molecule has 1 rings (SSSR count). The van der Waals surface area contributed by atoms with Gasteiger partial charge in [0, 0.05) is 12.1 Å². The fourth-order valence-corrected chi connectivity index (χ4v) is 1.77. The van der Waals surface area contributed by atoms with Crippen LogP contribution in [0.3, 0.4) is 0 Å². The smallest absolute Gasteiger partial charge is 0.311 e. The molecule has 2 N–H and O–H groups in total. The van der Waals surface area contributed by atoms with Gasteiger partial charge < -0.3 is 15.0 Å². The van der Waals surface area contributed by atoms with Gasteiger partial charge in [0.1, 0.15) is 6.54 Å². The van der Waals surface area contributed by atoms with Gasteiger partial charge >= 0.3 is 5.97 Å². The predicted octanol–water partition coefficient (Wildman–Crippen LogP) is -0.364. The van der Waals surface area contributed by atoms with Gasteiger partial charge in [0.05, 0.1) is 20.0 Å². The van der Waals surface area contributed by atoms with Crippen LogP contribution in [0.25, 0.3) is 0 Å². The van der Waals surface area contributed by atoms with E-state index >= 15 is 0 Å². The molecule has 1 fully saturated rings. The van der Waals surface area contributed by atoms with Crippen LogP contribution in [0.4, 0.5) is 0 Å². The summed E-state index contributed by atoms with van der Waals surface area (Å²) < 4.78 is 5.27. The van der Waals surface area contributed by atoms with Gasteiger partial charge in [-0.15, -0.1) is 0 Å². The second kappa shape index (κ2) is 5.10. The van der Waals surface area contributed by atoms with E-state index < -0.39 is 0 Å². The Morgan fingerprint density at radius 1 is 1.64 bits per heavy atom. The third-order valence-corrected chi connectivity index (χ3v) is 2.41. The minimum Gasteiger partial charge on any atom is -0.456 e. The van der Waals surface area contributed by atoms with Gasteiger partial charge in [-0.1, -0.05) is 0 Å². The SMILES string of the molecule is CC(=N)CC(=O)O[C@@H]1CCC[NH+](C)C1. The number of hydrogen-bond acceptors (Lipinski definition) is 3. The molecule has 0 aromatic heterocycles. The Bertz CT molecular complexity index is 228. The van der Waals surface area contributed by atoms with Crippen LogP contribution in [0.2, 0.25) is 0 Å². The number of likely N-dealkylation sites (N-methyl/N-ethyl adjacent to an activating group) is 1. The number of hydrogen-bond donors (Lipinski definition) is 2. The molecule has 14 heavy (non-hydrogen) atoms. The molecule has 0 spiro atoms. The number of quaternary nitrogens is 1. The summed E-state index contributed by atoms with van der Waals surface area (Å²) >= 11 is 0. The molecule has 1 saturated heterocycles. The highest BCUT2D eigenvalue weighted by Gasteiger charge is 2.23. The maximum atomic E-state index is 11.3. The van der Waals surface area contributed by atoms with Gasteiger partial charge in [0.25, 0.3) is 0 Å². The third-order valence-electron chi connectivity index (χ3n) is 2.41. The van der Waals surface area contributed by atoms with Crippen molar-refractivity contribution in [2.75, 3.05) is 20.1 Å². The molecule has 0 aromatic rings. The Morgan fingerprint density at radius 2 is 2.36 bits per heavy atom. The lowest BCUT2D eigenvalue weighted by Gasteiger charge is -2.26. The molecule has 1 heterocycles. The summed E-state index contributed by atoms with van der Waals surface area (Å²) in [6.45, 7) is 3.69. The Hall–Kier alpha value is -0.900. The fraction of sp³-hybridized carbons (Fsp3) is 0.800. The van der Waals surface area contributed by atoms with Gasteiger partial charge in [0.15, 0.2) is 6.10 Å². The Labute approximate surface area is 84.7 Å². The zero-order chi connectivity index (χ0) is 10.6. The van der Waals surface area contributed by atoms with E-state index in [1.807, 2.05) is 0 Å². The summed E-state index contributed by atoms with van der Waals surface area (Å²) in [4.78, 5) is 12.7. The molecular formula is C10H19N2O2+. The van der Waals surface area contributed by atoms with Crippen LogP contribution in [0.15, 0.2) is 0 Å². The first-order valence-corrected chi connectivity index (χ1v) is 5.12. The van der Waals surface area contributed by atoms with Crippen LogP contribution >= 0.6 is 0 Å². The predicted molar refractivity (Wildman–Crippen MR) is 53.8 cm³/mol. The van der Waals surface area contributed by atoms with Crippen molar-refractivity contribution >= 4 is 11.7 Å². The van der Waals surface area contributed by atoms with Gasteiger partial charge in [0.2, 0.25) is 0 Å². The second-order valence-corrected chi connectivity index (χ2v) is 4.12. The number of rotatable bonds is 3. The topological polar surface area (TPSA) is 54.6 Å². The molecule has 0 amide bonds.